The Balaban J connectivity index is 1.45. The minimum absolute atomic E-state index is 0.204. The summed E-state index contributed by atoms with van der Waals surface area (Å²) in [5, 5.41) is 3.92. The van der Waals surface area contributed by atoms with Gasteiger partial charge in [-0.25, -0.2) is 9.38 Å². The summed E-state index contributed by atoms with van der Waals surface area (Å²) in [6, 6.07) is 20.2. The summed E-state index contributed by atoms with van der Waals surface area (Å²) >= 11 is 6.12. The minimum Gasteiger partial charge on any atom is -0.488 e. The zero-order valence-electron chi connectivity index (χ0n) is 16.8. The molecule has 3 aromatic carbocycles. The monoisotopic (exact) mass is 438 g/mol. The average molecular weight is 439 g/mol. The van der Waals surface area contributed by atoms with Crippen LogP contribution in [-0.2, 0) is 9.57 Å². The molecule has 1 heterocycles. The Kier molecular flexibility index (Phi) is 6.48. The number of ether oxygens (including phenoxy) is 2. The minimum atomic E-state index is -0.444. The van der Waals surface area contributed by atoms with Gasteiger partial charge in [0.1, 0.15) is 37.9 Å². The fourth-order valence-electron chi connectivity index (χ4n) is 3.26. The largest absolute Gasteiger partial charge is 0.488 e. The predicted octanol–water partition coefficient (Wildman–Crippen LogP) is 5.68. The maximum absolute atomic E-state index is 14.1. The zero-order chi connectivity index (χ0) is 21.6. The van der Waals surface area contributed by atoms with E-state index in [0.717, 1.165) is 22.4 Å². The Hall–Kier alpha value is -3.38. The molecule has 0 bridgehead atoms. The molecule has 1 atom stereocenters. The molecule has 0 fully saturated rings. The smallest absolute Gasteiger partial charge is 0.221 e. The van der Waals surface area contributed by atoms with Gasteiger partial charge in [0.25, 0.3) is 0 Å². The standard InChI is InChI=1S/C24H20ClFN2O3/c1-29-27-13-14-30-19-11-9-17(10-12-19)16-5-7-18(8-6-16)22-15-31-24(28-22)23-20(25)3-2-4-21(23)26/h2-13,22H,14-15H2,1H3. The van der Waals surface area contributed by atoms with E-state index in [-0.39, 0.29) is 22.5 Å². The van der Waals surface area contributed by atoms with Crippen molar-refractivity contribution in [2.75, 3.05) is 20.3 Å². The van der Waals surface area contributed by atoms with E-state index in [1.165, 1.54) is 13.2 Å². The van der Waals surface area contributed by atoms with Crippen molar-refractivity contribution >= 4 is 23.7 Å². The molecular formula is C24H20ClFN2O3. The van der Waals surface area contributed by atoms with Crippen LogP contribution in [0, 0.1) is 5.82 Å². The number of aliphatic imine (C=N–C) groups is 1. The summed E-state index contributed by atoms with van der Waals surface area (Å²) in [6.45, 7) is 0.684. The molecule has 5 nitrogen and oxygen atoms in total. The Labute approximate surface area is 184 Å². The molecule has 4 rings (SSSR count). The van der Waals surface area contributed by atoms with Crippen molar-refractivity contribution in [3.05, 3.63) is 88.7 Å². The maximum atomic E-state index is 14.1. The van der Waals surface area contributed by atoms with Crippen LogP contribution in [0.5, 0.6) is 5.75 Å². The number of hydrogen-bond acceptors (Lipinski definition) is 5. The first kappa shape index (κ1) is 20.9. The molecule has 158 valence electrons. The average Bonchev–Trinajstić information content (AvgIpc) is 3.27. The van der Waals surface area contributed by atoms with Crippen molar-refractivity contribution in [3.8, 4) is 16.9 Å². The van der Waals surface area contributed by atoms with E-state index >= 15 is 0 Å². The van der Waals surface area contributed by atoms with Crippen molar-refractivity contribution in [2.45, 2.75) is 6.04 Å². The summed E-state index contributed by atoms with van der Waals surface area (Å²) in [4.78, 5) is 9.13. The highest BCUT2D eigenvalue weighted by atomic mass is 35.5. The lowest BCUT2D eigenvalue weighted by atomic mass is 10.0. The van der Waals surface area contributed by atoms with Gasteiger partial charge in [0.15, 0.2) is 0 Å². The second-order valence-electron chi connectivity index (χ2n) is 6.79. The zero-order valence-corrected chi connectivity index (χ0v) is 17.6. The SMILES string of the molecule is CON=CCOc1ccc(-c2ccc(C3COC(c4c(F)cccc4Cl)=N3)cc2)cc1. The molecule has 1 aliphatic heterocycles. The first-order valence-electron chi connectivity index (χ1n) is 9.69. The van der Waals surface area contributed by atoms with Gasteiger partial charge in [-0.1, -0.05) is 59.2 Å². The molecule has 7 heteroatoms. The number of oxime groups is 1. The molecular weight excluding hydrogens is 419 g/mol. The van der Waals surface area contributed by atoms with Crippen LogP contribution in [0.25, 0.3) is 11.1 Å². The van der Waals surface area contributed by atoms with Crippen molar-refractivity contribution in [1.82, 2.24) is 0 Å². The number of benzene rings is 3. The highest BCUT2D eigenvalue weighted by Gasteiger charge is 2.25. The Morgan fingerprint density at radius 1 is 1.10 bits per heavy atom. The molecule has 3 aromatic rings. The summed E-state index contributed by atoms with van der Waals surface area (Å²) < 4.78 is 25.3. The highest BCUT2D eigenvalue weighted by molar-refractivity contribution is 6.33. The molecule has 0 spiro atoms. The fraction of sp³-hybridized carbons (Fsp3) is 0.167. The quantitative estimate of drug-likeness (QED) is 0.352. The number of hydrogen-bond donors (Lipinski definition) is 0. The Morgan fingerprint density at radius 3 is 2.48 bits per heavy atom. The third-order valence-electron chi connectivity index (χ3n) is 4.82. The molecule has 0 saturated carbocycles. The van der Waals surface area contributed by atoms with Gasteiger partial charge in [-0.05, 0) is 41.0 Å². The van der Waals surface area contributed by atoms with Crippen molar-refractivity contribution in [3.63, 3.8) is 0 Å². The topological polar surface area (TPSA) is 52.4 Å². The maximum Gasteiger partial charge on any atom is 0.221 e. The number of rotatable bonds is 7. The molecule has 0 N–H and O–H groups in total. The molecule has 0 saturated heterocycles. The van der Waals surface area contributed by atoms with Crippen LogP contribution in [0.2, 0.25) is 5.02 Å². The summed E-state index contributed by atoms with van der Waals surface area (Å²) in [7, 11) is 1.49. The lowest BCUT2D eigenvalue weighted by Crippen LogP contribution is -2.05. The van der Waals surface area contributed by atoms with E-state index in [4.69, 9.17) is 21.1 Å². The van der Waals surface area contributed by atoms with Gasteiger partial charge in [-0.15, -0.1) is 0 Å². The lowest BCUT2D eigenvalue weighted by Gasteiger charge is -2.08. The Bertz CT molecular complexity index is 1080. The summed E-state index contributed by atoms with van der Waals surface area (Å²) in [6.07, 6.45) is 1.55. The van der Waals surface area contributed by atoms with E-state index in [2.05, 4.69) is 15.0 Å². The third kappa shape index (κ3) is 4.86. The van der Waals surface area contributed by atoms with E-state index in [1.54, 1.807) is 18.3 Å². The second kappa shape index (κ2) is 9.62. The third-order valence-corrected chi connectivity index (χ3v) is 5.13. The molecule has 1 aliphatic rings. The summed E-state index contributed by atoms with van der Waals surface area (Å²) in [5.74, 6) is 0.545. The van der Waals surface area contributed by atoms with Gasteiger partial charge in [0, 0.05) is 0 Å². The normalized spacial score (nSPS) is 15.6. The lowest BCUT2D eigenvalue weighted by molar-refractivity contribution is 0.212. The van der Waals surface area contributed by atoms with Crippen LogP contribution in [0.4, 0.5) is 4.39 Å². The van der Waals surface area contributed by atoms with E-state index in [1.807, 2.05) is 48.5 Å². The first-order valence-corrected chi connectivity index (χ1v) is 10.1. The van der Waals surface area contributed by atoms with Crippen LogP contribution in [0.3, 0.4) is 0 Å². The van der Waals surface area contributed by atoms with Crippen LogP contribution < -0.4 is 4.74 Å². The van der Waals surface area contributed by atoms with Gasteiger partial charge >= 0.3 is 0 Å². The van der Waals surface area contributed by atoms with Gasteiger partial charge < -0.3 is 14.3 Å². The summed E-state index contributed by atoms with van der Waals surface area (Å²) in [5.41, 5.74) is 3.33. The highest BCUT2D eigenvalue weighted by Crippen LogP contribution is 2.30. The molecule has 0 amide bonds. The van der Waals surface area contributed by atoms with Crippen molar-refractivity contribution in [1.29, 1.82) is 0 Å². The number of halogens is 2. The predicted molar refractivity (Wildman–Crippen MR) is 120 cm³/mol. The second-order valence-corrected chi connectivity index (χ2v) is 7.19. The molecule has 31 heavy (non-hydrogen) atoms. The van der Waals surface area contributed by atoms with Gasteiger partial charge in [0.05, 0.1) is 16.8 Å². The van der Waals surface area contributed by atoms with E-state index < -0.39 is 5.82 Å². The van der Waals surface area contributed by atoms with Crippen LogP contribution in [0.1, 0.15) is 17.2 Å². The van der Waals surface area contributed by atoms with E-state index in [9.17, 15) is 4.39 Å². The van der Waals surface area contributed by atoms with Crippen molar-refractivity contribution in [2.24, 2.45) is 10.1 Å². The van der Waals surface area contributed by atoms with Gasteiger partial charge in [0.2, 0.25) is 5.90 Å². The van der Waals surface area contributed by atoms with Gasteiger partial charge in [-0.2, -0.15) is 0 Å². The molecule has 0 aliphatic carbocycles. The fourth-order valence-corrected chi connectivity index (χ4v) is 3.51. The molecule has 0 radical (unpaired) electrons. The molecule has 0 aromatic heterocycles. The Morgan fingerprint density at radius 2 is 1.81 bits per heavy atom. The van der Waals surface area contributed by atoms with E-state index in [0.29, 0.717) is 13.2 Å². The van der Waals surface area contributed by atoms with Crippen LogP contribution >= 0.6 is 11.6 Å². The van der Waals surface area contributed by atoms with Crippen LogP contribution in [0.15, 0.2) is 76.9 Å². The van der Waals surface area contributed by atoms with Crippen molar-refractivity contribution < 1.29 is 18.7 Å². The van der Waals surface area contributed by atoms with Crippen LogP contribution in [-0.4, -0.2) is 32.4 Å². The molecule has 1 unspecified atom stereocenters. The van der Waals surface area contributed by atoms with Gasteiger partial charge in [-0.3, -0.25) is 0 Å². The first-order chi connectivity index (χ1) is 15.2. The number of nitrogens with zero attached hydrogens (tertiary/aromatic N) is 2.